The topological polar surface area (TPSA) is 33.0 Å². The van der Waals surface area contributed by atoms with E-state index < -0.39 is 5.83 Å². The van der Waals surface area contributed by atoms with E-state index in [1.807, 2.05) is 6.08 Å². The number of allylic oxidation sites excluding steroid dienone is 4. The van der Waals surface area contributed by atoms with Gasteiger partial charge in [0, 0.05) is 0 Å². The predicted octanol–water partition coefficient (Wildman–Crippen LogP) is 6.04. The van der Waals surface area contributed by atoms with Gasteiger partial charge in [0.15, 0.2) is 5.83 Å². The molecule has 1 aromatic rings. The second-order valence-corrected chi connectivity index (χ2v) is 6.76. The van der Waals surface area contributed by atoms with Gasteiger partial charge in [-0.05, 0) is 68.1 Å². The molecule has 0 saturated heterocycles. The van der Waals surface area contributed by atoms with E-state index in [4.69, 9.17) is 10.00 Å². The lowest BCUT2D eigenvalue weighted by Gasteiger charge is -2.28. The lowest BCUT2D eigenvalue weighted by atomic mass is 9.84. The van der Waals surface area contributed by atoms with Crippen molar-refractivity contribution < 1.29 is 9.13 Å². The van der Waals surface area contributed by atoms with Crippen molar-refractivity contribution in [1.29, 1.82) is 5.26 Å². The van der Waals surface area contributed by atoms with Crippen LogP contribution in [0.25, 0.3) is 0 Å². The van der Waals surface area contributed by atoms with Gasteiger partial charge in [0.1, 0.15) is 6.07 Å². The molecule has 1 fully saturated rings. The standard InChI is InChI=1S/C22H28FNO/c1-2-18-8-10-20(11-9-18)17-25-22-14-12-19(13-15-22)6-4-3-5-7-21(23)16-24/h3,5,7-11,19,22H,2,4,6,12-15,17H2,1H3/t19-,22-. The quantitative estimate of drug-likeness (QED) is 0.427. The third-order valence-electron chi connectivity index (χ3n) is 4.94. The molecule has 3 heteroatoms. The van der Waals surface area contributed by atoms with Crippen LogP contribution in [0.3, 0.4) is 0 Å². The van der Waals surface area contributed by atoms with Gasteiger partial charge in [-0.25, -0.2) is 0 Å². The fraction of sp³-hybridized carbons (Fsp3) is 0.500. The van der Waals surface area contributed by atoms with Crippen LogP contribution in [-0.2, 0) is 17.8 Å². The summed E-state index contributed by atoms with van der Waals surface area (Å²) < 4.78 is 18.7. The zero-order chi connectivity index (χ0) is 17.9. The number of benzene rings is 1. The minimum atomic E-state index is -0.738. The van der Waals surface area contributed by atoms with Gasteiger partial charge in [-0.15, -0.1) is 0 Å². The second kappa shape index (κ2) is 10.8. The zero-order valence-corrected chi connectivity index (χ0v) is 15.1. The number of nitriles is 1. The minimum absolute atomic E-state index is 0.380. The number of nitrogens with zero attached hydrogens (tertiary/aromatic N) is 1. The molecular formula is C22H28FNO. The van der Waals surface area contributed by atoms with E-state index in [9.17, 15) is 4.39 Å². The Morgan fingerprint density at radius 2 is 1.88 bits per heavy atom. The smallest absolute Gasteiger partial charge is 0.199 e. The molecule has 0 aliphatic heterocycles. The SMILES string of the molecule is CCc1ccc(CO[C@H]2CC[C@H](CCC=CC=C(F)C#N)CC2)cc1. The van der Waals surface area contributed by atoms with E-state index in [0.717, 1.165) is 38.0 Å². The monoisotopic (exact) mass is 341 g/mol. The molecule has 0 atom stereocenters. The average molecular weight is 341 g/mol. The first-order chi connectivity index (χ1) is 12.2. The van der Waals surface area contributed by atoms with Crippen molar-refractivity contribution in [2.75, 3.05) is 0 Å². The molecule has 0 N–H and O–H groups in total. The molecule has 2 nitrogen and oxygen atoms in total. The summed E-state index contributed by atoms with van der Waals surface area (Å²) >= 11 is 0. The fourth-order valence-corrected chi connectivity index (χ4v) is 3.29. The van der Waals surface area contributed by atoms with E-state index in [0.29, 0.717) is 12.7 Å². The van der Waals surface area contributed by atoms with Gasteiger partial charge in [-0.2, -0.15) is 9.65 Å². The van der Waals surface area contributed by atoms with Crippen molar-refractivity contribution >= 4 is 0 Å². The minimum Gasteiger partial charge on any atom is -0.374 e. The molecule has 1 aromatic carbocycles. The predicted molar refractivity (Wildman–Crippen MR) is 99.5 cm³/mol. The van der Waals surface area contributed by atoms with Crippen LogP contribution in [0.2, 0.25) is 0 Å². The van der Waals surface area contributed by atoms with Gasteiger partial charge < -0.3 is 4.74 Å². The largest absolute Gasteiger partial charge is 0.374 e. The summed E-state index contributed by atoms with van der Waals surface area (Å²) in [5.74, 6) is -0.00336. The molecule has 1 saturated carbocycles. The van der Waals surface area contributed by atoms with Crippen LogP contribution in [0.15, 0.2) is 48.3 Å². The second-order valence-electron chi connectivity index (χ2n) is 6.76. The van der Waals surface area contributed by atoms with Crippen molar-refractivity contribution in [3.63, 3.8) is 0 Å². The molecular weight excluding hydrogens is 313 g/mol. The molecule has 0 unspecified atom stereocenters. The zero-order valence-electron chi connectivity index (χ0n) is 15.1. The number of hydrogen-bond acceptors (Lipinski definition) is 2. The fourth-order valence-electron chi connectivity index (χ4n) is 3.29. The third kappa shape index (κ3) is 7.23. The Balaban J connectivity index is 1.62. The van der Waals surface area contributed by atoms with Crippen LogP contribution in [0.4, 0.5) is 4.39 Å². The van der Waals surface area contributed by atoms with Crippen molar-refractivity contribution in [2.24, 2.45) is 5.92 Å². The van der Waals surface area contributed by atoms with Gasteiger partial charge in [-0.3, -0.25) is 0 Å². The van der Waals surface area contributed by atoms with Gasteiger partial charge in [0.2, 0.25) is 0 Å². The molecule has 25 heavy (non-hydrogen) atoms. The van der Waals surface area contributed by atoms with Crippen molar-refractivity contribution in [3.8, 4) is 6.07 Å². The number of halogens is 1. The van der Waals surface area contributed by atoms with E-state index in [-0.39, 0.29) is 0 Å². The Morgan fingerprint density at radius 1 is 1.20 bits per heavy atom. The maximum atomic E-state index is 12.6. The highest BCUT2D eigenvalue weighted by molar-refractivity contribution is 5.22. The summed E-state index contributed by atoms with van der Waals surface area (Å²) in [6.07, 6.45) is 13.0. The molecule has 0 aromatic heterocycles. The Hall–Kier alpha value is -1.92. The highest BCUT2D eigenvalue weighted by Crippen LogP contribution is 2.30. The maximum absolute atomic E-state index is 12.6. The number of rotatable bonds is 8. The highest BCUT2D eigenvalue weighted by atomic mass is 19.1. The number of ether oxygens (including phenoxy) is 1. The summed E-state index contributed by atoms with van der Waals surface area (Å²) in [5, 5.41) is 8.32. The van der Waals surface area contributed by atoms with Crippen LogP contribution in [-0.4, -0.2) is 6.10 Å². The van der Waals surface area contributed by atoms with E-state index >= 15 is 0 Å². The number of aryl methyl sites for hydroxylation is 1. The van der Waals surface area contributed by atoms with Gasteiger partial charge in [-0.1, -0.05) is 43.3 Å². The van der Waals surface area contributed by atoms with Gasteiger partial charge >= 0.3 is 0 Å². The maximum Gasteiger partial charge on any atom is 0.199 e. The first kappa shape index (κ1) is 19.4. The third-order valence-corrected chi connectivity index (χ3v) is 4.94. The average Bonchev–Trinajstić information content (AvgIpc) is 2.67. The lowest BCUT2D eigenvalue weighted by Crippen LogP contribution is -2.21. The van der Waals surface area contributed by atoms with Crippen molar-refractivity contribution in [2.45, 2.75) is 64.6 Å². The van der Waals surface area contributed by atoms with Crippen LogP contribution in [0, 0.1) is 17.2 Å². The Morgan fingerprint density at radius 3 is 2.52 bits per heavy atom. The summed E-state index contributed by atoms with van der Waals surface area (Å²) in [6, 6.07) is 10.2. The number of hydrogen-bond donors (Lipinski definition) is 0. The normalized spacial score (nSPS) is 21.4. The van der Waals surface area contributed by atoms with Crippen LogP contribution < -0.4 is 0 Å². The molecule has 0 heterocycles. The van der Waals surface area contributed by atoms with Gasteiger partial charge in [0.05, 0.1) is 12.7 Å². The van der Waals surface area contributed by atoms with Gasteiger partial charge in [0.25, 0.3) is 0 Å². The molecule has 134 valence electrons. The Labute approximate surface area is 151 Å². The summed E-state index contributed by atoms with van der Waals surface area (Å²) in [5.41, 5.74) is 2.62. The van der Waals surface area contributed by atoms with Crippen LogP contribution in [0.5, 0.6) is 0 Å². The Kier molecular flexibility index (Phi) is 8.42. The summed E-state index contributed by atoms with van der Waals surface area (Å²) in [7, 11) is 0. The van der Waals surface area contributed by atoms with Crippen LogP contribution in [0.1, 0.15) is 56.6 Å². The molecule has 2 rings (SSSR count). The highest BCUT2D eigenvalue weighted by Gasteiger charge is 2.21. The van der Waals surface area contributed by atoms with E-state index in [1.165, 1.54) is 36.1 Å². The van der Waals surface area contributed by atoms with Crippen LogP contribution >= 0.6 is 0 Å². The first-order valence-corrected chi connectivity index (χ1v) is 9.33. The van der Waals surface area contributed by atoms with Crippen molar-refractivity contribution in [1.82, 2.24) is 0 Å². The van der Waals surface area contributed by atoms with Crippen molar-refractivity contribution in [3.05, 3.63) is 59.4 Å². The summed E-state index contributed by atoms with van der Waals surface area (Å²) in [6.45, 7) is 2.87. The molecule has 0 spiro atoms. The molecule has 0 amide bonds. The van der Waals surface area contributed by atoms with E-state index in [2.05, 4.69) is 31.2 Å². The molecule has 0 bridgehead atoms. The lowest BCUT2D eigenvalue weighted by molar-refractivity contribution is 0.00646. The molecule has 1 aliphatic rings. The summed E-state index contributed by atoms with van der Waals surface area (Å²) in [4.78, 5) is 0. The Bertz CT molecular complexity index is 604. The molecule has 0 radical (unpaired) electrons. The van der Waals surface area contributed by atoms with E-state index in [1.54, 1.807) is 6.08 Å². The molecule has 1 aliphatic carbocycles. The first-order valence-electron chi connectivity index (χ1n) is 9.33.